The zero-order valence-corrected chi connectivity index (χ0v) is 15.4. The highest BCUT2D eigenvalue weighted by atomic mass is 35.5. The Bertz CT molecular complexity index is 648. The minimum Gasteiger partial charge on any atom is -0.382 e. The minimum atomic E-state index is -0.590. The average molecular weight is 386 g/mol. The van der Waals surface area contributed by atoms with Crippen molar-refractivity contribution in [3.63, 3.8) is 0 Å². The monoisotopic (exact) mass is 385 g/mol. The molecule has 0 bridgehead atoms. The Morgan fingerprint density at radius 2 is 2.08 bits per heavy atom. The van der Waals surface area contributed by atoms with Gasteiger partial charge in [0.25, 0.3) is 5.91 Å². The molecule has 1 aromatic rings. The molecule has 0 saturated carbocycles. The molecule has 0 aliphatic carbocycles. The molecule has 0 radical (unpaired) electrons. The molecular formula is C17H21Cl2N3O3. The van der Waals surface area contributed by atoms with Crippen LogP contribution in [0, 0.1) is 0 Å². The molecule has 0 spiro atoms. The number of nitrogens with zero attached hydrogens (tertiary/aromatic N) is 2. The number of morpholine rings is 1. The molecule has 1 atom stereocenters. The Balaban J connectivity index is 1.40. The van der Waals surface area contributed by atoms with E-state index in [0.717, 1.165) is 44.8 Å². The van der Waals surface area contributed by atoms with Crippen molar-refractivity contribution in [2.75, 3.05) is 39.4 Å². The van der Waals surface area contributed by atoms with Crippen molar-refractivity contribution < 1.29 is 14.4 Å². The fourth-order valence-corrected chi connectivity index (χ4v) is 3.12. The number of hydrogen-bond donors (Lipinski definition) is 1. The van der Waals surface area contributed by atoms with Crippen LogP contribution in [0.25, 0.3) is 0 Å². The number of amides is 1. The molecule has 1 unspecified atom stereocenters. The normalized spacial score (nSPS) is 20.9. The van der Waals surface area contributed by atoms with E-state index in [0.29, 0.717) is 28.7 Å². The van der Waals surface area contributed by atoms with Gasteiger partial charge in [-0.2, -0.15) is 0 Å². The van der Waals surface area contributed by atoms with Crippen LogP contribution in [0.15, 0.2) is 23.4 Å². The first-order valence-corrected chi connectivity index (χ1v) is 9.15. The number of benzene rings is 1. The van der Waals surface area contributed by atoms with E-state index >= 15 is 0 Å². The summed E-state index contributed by atoms with van der Waals surface area (Å²) in [7, 11) is 0. The second kappa shape index (κ2) is 8.85. The minimum absolute atomic E-state index is 0.138. The molecule has 8 heteroatoms. The summed E-state index contributed by atoms with van der Waals surface area (Å²) < 4.78 is 5.32. The largest absolute Gasteiger partial charge is 0.382 e. The quantitative estimate of drug-likeness (QED) is 0.763. The lowest BCUT2D eigenvalue weighted by atomic mass is 10.0. The zero-order chi connectivity index (χ0) is 17.6. The number of oxime groups is 1. The van der Waals surface area contributed by atoms with Crippen LogP contribution in [-0.4, -0.2) is 62.0 Å². The van der Waals surface area contributed by atoms with Crippen LogP contribution in [0.1, 0.15) is 18.4 Å². The van der Waals surface area contributed by atoms with Crippen LogP contribution in [0.3, 0.4) is 0 Å². The summed E-state index contributed by atoms with van der Waals surface area (Å²) in [6.45, 7) is 5.08. The van der Waals surface area contributed by atoms with Crippen molar-refractivity contribution in [3.05, 3.63) is 33.8 Å². The molecule has 2 aliphatic heterocycles. The maximum Gasteiger partial charge on any atom is 0.264 e. The van der Waals surface area contributed by atoms with Gasteiger partial charge in [-0.05, 0) is 25.1 Å². The van der Waals surface area contributed by atoms with Gasteiger partial charge in [0.2, 0.25) is 6.10 Å². The summed E-state index contributed by atoms with van der Waals surface area (Å²) in [4.78, 5) is 19.8. The molecule has 0 aromatic heterocycles. The van der Waals surface area contributed by atoms with Gasteiger partial charge in [0.15, 0.2) is 0 Å². The maximum absolute atomic E-state index is 12.2. The lowest BCUT2D eigenvalue weighted by Gasteiger charge is -2.26. The Morgan fingerprint density at radius 1 is 1.28 bits per heavy atom. The Labute approximate surface area is 157 Å². The van der Waals surface area contributed by atoms with E-state index in [4.69, 9.17) is 32.8 Å². The standard InChI is InChI=1S/C17H21Cl2N3O3/c18-13-3-2-12(10-14(13)19)15-11-16(25-21-15)17(23)20-4-1-5-22-6-8-24-9-7-22/h2-3,10,16H,1,4-9,11H2,(H,20,23). The SMILES string of the molecule is O=C(NCCCN1CCOCC1)C1CC(c2ccc(Cl)c(Cl)c2)=NO1. The van der Waals surface area contributed by atoms with E-state index in [2.05, 4.69) is 15.4 Å². The highest BCUT2D eigenvalue weighted by Gasteiger charge is 2.28. The van der Waals surface area contributed by atoms with E-state index in [-0.39, 0.29) is 5.91 Å². The predicted molar refractivity (Wildman–Crippen MR) is 97.4 cm³/mol. The molecule has 2 aliphatic rings. The Hall–Kier alpha value is -1.34. The van der Waals surface area contributed by atoms with Crippen LogP contribution in [0.2, 0.25) is 10.0 Å². The lowest BCUT2D eigenvalue weighted by Crippen LogP contribution is -2.39. The Kier molecular flexibility index (Phi) is 6.53. The second-order valence-corrected chi connectivity index (χ2v) is 6.88. The smallest absolute Gasteiger partial charge is 0.264 e. The van der Waals surface area contributed by atoms with Crippen molar-refractivity contribution in [2.24, 2.45) is 5.16 Å². The van der Waals surface area contributed by atoms with Crippen LogP contribution in [0.4, 0.5) is 0 Å². The van der Waals surface area contributed by atoms with Crippen molar-refractivity contribution in [2.45, 2.75) is 18.9 Å². The summed E-state index contributed by atoms with van der Waals surface area (Å²) in [5, 5.41) is 7.87. The molecule has 1 amide bonds. The fraction of sp³-hybridized carbons (Fsp3) is 0.529. The van der Waals surface area contributed by atoms with Gasteiger partial charge >= 0.3 is 0 Å². The van der Waals surface area contributed by atoms with Gasteiger partial charge in [-0.1, -0.05) is 34.4 Å². The van der Waals surface area contributed by atoms with Crippen LogP contribution >= 0.6 is 23.2 Å². The zero-order valence-electron chi connectivity index (χ0n) is 13.8. The molecular weight excluding hydrogens is 365 g/mol. The molecule has 1 saturated heterocycles. The van der Waals surface area contributed by atoms with Gasteiger partial charge in [-0.15, -0.1) is 0 Å². The number of carbonyl (C=O) groups excluding carboxylic acids is 1. The van der Waals surface area contributed by atoms with Gasteiger partial charge in [0, 0.05) is 31.6 Å². The van der Waals surface area contributed by atoms with Crippen LogP contribution in [0.5, 0.6) is 0 Å². The number of hydrogen-bond acceptors (Lipinski definition) is 5. The van der Waals surface area contributed by atoms with Gasteiger partial charge in [-0.3, -0.25) is 9.69 Å². The number of halogens is 2. The third-order valence-electron chi connectivity index (χ3n) is 4.27. The van der Waals surface area contributed by atoms with E-state index < -0.39 is 6.10 Å². The van der Waals surface area contributed by atoms with Crippen molar-refractivity contribution in [1.82, 2.24) is 10.2 Å². The summed E-state index contributed by atoms with van der Waals surface area (Å²) in [6.07, 6.45) is 0.736. The van der Waals surface area contributed by atoms with Crippen LogP contribution in [-0.2, 0) is 14.4 Å². The van der Waals surface area contributed by atoms with Crippen LogP contribution < -0.4 is 5.32 Å². The topological polar surface area (TPSA) is 63.2 Å². The van der Waals surface area contributed by atoms with E-state index in [9.17, 15) is 4.79 Å². The molecule has 1 fully saturated rings. The number of carbonyl (C=O) groups is 1. The predicted octanol–water partition coefficient (Wildman–Crippen LogP) is 2.32. The first-order valence-electron chi connectivity index (χ1n) is 8.39. The third kappa shape index (κ3) is 5.07. The van der Waals surface area contributed by atoms with E-state index in [1.54, 1.807) is 12.1 Å². The van der Waals surface area contributed by atoms with Gasteiger partial charge in [0.1, 0.15) is 0 Å². The number of ether oxygens (including phenoxy) is 1. The fourth-order valence-electron chi connectivity index (χ4n) is 2.82. The average Bonchev–Trinajstić information content (AvgIpc) is 3.12. The molecule has 1 N–H and O–H groups in total. The van der Waals surface area contributed by atoms with Gasteiger partial charge in [-0.25, -0.2) is 0 Å². The van der Waals surface area contributed by atoms with Gasteiger partial charge in [0.05, 0.1) is 29.0 Å². The maximum atomic E-state index is 12.2. The van der Waals surface area contributed by atoms with Crippen molar-refractivity contribution >= 4 is 34.8 Å². The summed E-state index contributed by atoms with van der Waals surface area (Å²) in [5.41, 5.74) is 1.52. The number of nitrogens with one attached hydrogen (secondary N) is 1. The molecule has 3 rings (SSSR count). The second-order valence-electron chi connectivity index (χ2n) is 6.06. The van der Waals surface area contributed by atoms with E-state index in [1.807, 2.05) is 6.07 Å². The first kappa shape index (κ1) is 18.5. The van der Waals surface area contributed by atoms with Crippen molar-refractivity contribution in [3.8, 4) is 0 Å². The molecule has 2 heterocycles. The number of rotatable bonds is 6. The summed E-state index contributed by atoms with van der Waals surface area (Å²) >= 11 is 11.9. The highest BCUT2D eigenvalue weighted by molar-refractivity contribution is 6.42. The molecule has 136 valence electrons. The lowest BCUT2D eigenvalue weighted by molar-refractivity contribution is -0.131. The van der Waals surface area contributed by atoms with Gasteiger partial charge < -0.3 is 14.9 Å². The highest BCUT2D eigenvalue weighted by Crippen LogP contribution is 2.25. The molecule has 1 aromatic carbocycles. The van der Waals surface area contributed by atoms with Crippen molar-refractivity contribution in [1.29, 1.82) is 0 Å². The van der Waals surface area contributed by atoms with E-state index in [1.165, 1.54) is 0 Å². The summed E-state index contributed by atoms with van der Waals surface area (Å²) in [5.74, 6) is -0.138. The first-order chi connectivity index (χ1) is 12.1. The molecule has 25 heavy (non-hydrogen) atoms. The molecule has 6 nitrogen and oxygen atoms in total. The third-order valence-corrected chi connectivity index (χ3v) is 5.01. The Morgan fingerprint density at radius 3 is 2.84 bits per heavy atom. The summed E-state index contributed by atoms with van der Waals surface area (Å²) in [6, 6.07) is 5.26.